The average Bonchev–Trinajstić information content (AvgIpc) is 1.77. The van der Waals surface area contributed by atoms with E-state index >= 15 is 0 Å². The molecule has 0 aromatic rings. The zero-order valence-corrected chi connectivity index (χ0v) is 8.47. The molecule has 76 valence electrons. The van der Waals surface area contributed by atoms with Gasteiger partial charge in [-0.3, -0.25) is 4.79 Å². The van der Waals surface area contributed by atoms with Crippen molar-refractivity contribution in [3.63, 3.8) is 0 Å². The van der Waals surface area contributed by atoms with E-state index in [2.05, 4.69) is 0 Å². The Hall–Kier alpha value is -0.620. The molecule has 1 amide bonds. The Bertz CT molecular complexity index is 311. The number of β-amino-alcohol motifs (C(OH)–C–C–N with tert-alkyl or cyclic N) is 1. The number of sulfone groups is 1. The molecular weight excluding hydrogens is 194 g/mol. The van der Waals surface area contributed by atoms with Crippen molar-refractivity contribution in [3.8, 4) is 0 Å². The van der Waals surface area contributed by atoms with Crippen LogP contribution in [-0.2, 0) is 14.6 Å². The summed E-state index contributed by atoms with van der Waals surface area (Å²) in [5, 5.41) is 9.29. The average molecular weight is 207 g/mol. The normalized spacial score (nSPS) is 21.0. The lowest BCUT2D eigenvalue weighted by Crippen LogP contribution is -2.62. The molecule has 5 nitrogen and oxygen atoms in total. The van der Waals surface area contributed by atoms with Crippen molar-refractivity contribution in [1.82, 2.24) is 4.90 Å². The van der Waals surface area contributed by atoms with Crippen LogP contribution in [-0.4, -0.2) is 55.0 Å². The molecule has 0 bridgehead atoms. The van der Waals surface area contributed by atoms with Gasteiger partial charge in [-0.1, -0.05) is 0 Å². The van der Waals surface area contributed by atoms with E-state index in [-0.39, 0.29) is 13.1 Å². The molecule has 1 heterocycles. The Labute approximate surface area is 77.3 Å². The van der Waals surface area contributed by atoms with Crippen molar-refractivity contribution >= 4 is 15.7 Å². The largest absolute Gasteiger partial charge is 0.386 e. The van der Waals surface area contributed by atoms with E-state index in [4.69, 9.17) is 0 Å². The van der Waals surface area contributed by atoms with Gasteiger partial charge in [-0.05, 0) is 6.92 Å². The lowest BCUT2D eigenvalue weighted by Gasteiger charge is -2.44. The van der Waals surface area contributed by atoms with E-state index in [0.717, 1.165) is 6.26 Å². The summed E-state index contributed by atoms with van der Waals surface area (Å²) < 4.78 is 21.5. The summed E-state index contributed by atoms with van der Waals surface area (Å²) in [6, 6.07) is 0. The van der Waals surface area contributed by atoms with Gasteiger partial charge in [0.2, 0.25) is 5.91 Å². The number of carbonyl (C=O) groups excluding carboxylic acids is 1. The van der Waals surface area contributed by atoms with Crippen molar-refractivity contribution in [2.45, 2.75) is 12.5 Å². The highest BCUT2D eigenvalue weighted by atomic mass is 32.2. The van der Waals surface area contributed by atoms with Gasteiger partial charge < -0.3 is 10.0 Å². The third kappa shape index (κ3) is 2.96. The lowest BCUT2D eigenvalue weighted by atomic mass is 9.97. The minimum Gasteiger partial charge on any atom is -0.386 e. The van der Waals surface area contributed by atoms with Gasteiger partial charge >= 0.3 is 0 Å². The van der Waals surface area contributed by atoms with Crippen LogP contribution in [0.4, 0.5) is 0 Å². The van der Waals surface area contributed by atoms with Crippen LogP contribution in [0, 0.1) is 0 Å². The van der Waals surface area contributed by atoms with Crippen LogP contribution in [0.3, 0.4) is 0 Å². The van der Waals surface area contributed by atoms with E-state index in [0.29, 0.717) is 0 Å². The molecular formula is C7H13NO4S. The first-order valence-electron chi connectivity index (χ1n) is 3.87. The second kappa shape index (κ2) is 2.95. The fourth-order valence-electron chi connectivity index (χ4n) is 1.27. The van der Waals surface area contributed by atoms with Gasteiger partial charge in [-0.25, -0.2) is 8.42 Å². The summed E-state index contributed by atoms with van der Waals surface area (Å²) in [7, 11) is -3.25. The van der Waals surface area contributed by atoms with Gasteiger partial charge in [0.1, 0.15) is 5.75 Å². The maximum absolute atomic E-state index is 11.2. The van der Waals surface area contributed by atoms with Crippen molar-refractivity contribution in [2.24, 2.45) is 0 Å². The fraction of sp³-hybridized carbons (Fsp3) is 0.857. The monoisotopic (exact) mass is 207 g/mol. The molecule has 0 atom stereocenters. The van der Waals surface area contributed by atoms with Crippen LogP contribution in [0.25, 0.3) is 0 Å². The van der Waals surface area contributed by atoms with Crippen molar-refractivity contribution in [1.29, 1.82) is 0 Å². The van der Waals surface area contributed by atoms with Crippen LogP contribution in [0.15, 0.2) is 0 Å². The van der Waals surface area contributed by atoms with Crippen LogP contribution < -0.4 is 0 Å². The number of carbonyl (C=O) groups is 1. The molecule has 1 aliphatic heterocycles. The predicted molar refractivity (Wildman–Crippen MR) is 46.9 cm³/mol. The molecule has 0 aliphatic carbocycles. The summed E-state index contributed by atoms with van der Waals surface area (Å²) >= 11 is 0. The van der Waals surface area contributed by atoms with Gasteiger partial charge in [0.15, 0.2) is 9.84 Å². The first-order valence-corrected chi connectivity index (χ1v) is 5.94. The highest BCUT2D eigenvalue weighted by molar-refractivity contribution is 7.91. The Morgan fingerprint density at radius 3 is 2.31 bits per heavy atom. The van der Waals surface area contributed by atoms with Gasteiger partial charge in [-0.2, -0.15) is 0 Å². The molecule has 0 saturated carbocycles. The Kier molecular flexibility index (Phi) is 2.38. The van der Waals surface area contributed by atoms with Crippen molar-refractivity contribution in [2.75, 3.05) is 25.1 Å². The van der Waals surface area contributed by atoms with Crippen molar-refractivity contribution in [3.05, 3.63) is 0 Å². The Morgan fingerprint density at radius 2 is 2.00 bits per heavy atom. The third-order valence-corrected chi connectivity index (χ3v) is 2.57. The molecule has 1 aliphatic rings. The van der Waals surface area contributed by atoms with E-state index in [1.165, 1.54) is 4.90 Å². The zero-order chi connectivity index (χ0) is 10.3. The van der Waals surface area contributed by atoms with Gasteiger partial charge in [0.25, 0.3) is 0 Å². The highest BCUT2D eigenvalue weighted by Gasteiger charge is 2.39. The first kappa shape index (κ1) is 10.5. The standard InChI is InChI=1S/C7H13NO4S/c1-7(10)4-8(5-7)6(9)3-13(2,11)12/h10H,3-5H2,1-2H3. The molecule has 0 unspecified atom stereocenters. The summed E-state index contributed by atoms with van der Waals surface area (Å²) in [5.74, 6) is -0.905. The molecule has 0 aromatic heterocycles. The second-order valence-corrected chi connectivity index (χ2v) is 5.96. The summed E-state index contributed by atoms with van der Waals surface area (Å²) in [6.45, 7) is 2.06. The van der Waals surface area contributed by atoms with Crippen LogP contribution in [0.1, 0.15) is 6.92 Å². The third-order valence-electron chi connectivity index (χ3n) is 1.80. The number of hydrogen-bond donors (Lipinski definition) is 1. The topological polar surface area (TPSA) is 74.7 Å². The van der Waals surface area contributed by atoms with Crippen LogP contribution in [0.5, 0.6) is 0 Å². The number of hydrogen-bond acceptors (Lipinski definition) is 4. The fourth-order valence-corrected chi connectivity index (χ4v) is 1.90. The van der Waals surface area contributed by atoms with Gasteiger partial charge in [0.05, 0.1) is 18.7 Å². The molecule has 6 heteroatoms. The quantitative estimate of drug-likeness (QED) is 0.606. The Balaban J connectivity index is 2.45. The maximum Gasteiger partial charge on any atom is 0.237 e. The minimum atomic E-state index is -3.25. The maximum atomic E-state index is 11.2. The van der Waals surface area contributed by atoms with E-state index in [1.807, 2.05) is 0 Å². The summed E-state index contributed by atoms with van der Waals surface area (Å²) in [5.41, 5.74) is -0.840. The SMILES string of the molecule is CC1(O)CN(C(=O)CS(C)(=O)=O)C1. The number of rotatable bonds is 2. The predicted octanol–water partition coefficient (Wildman–Crippen LogP) is -1.38. The smallest absolute Gasteiger partial charge is 0.237 e. The van der Waals surface area contributed by atoms with Crippen LogP contribution >= 0.6 is 0 Å². The number of amides is 1. The van der Waals surface area contributed by atoms with Gasteiger partial charge in [-0.15, -0.1) is 0 Å². The van der Waals surface area contributed by atoms with Crippen LogP contribution in [0.2, 0.25) is 0 Å². The first-order chi connectivity index (χ1) is 5.70. The summed E-state index contributed by atoms with van der Waals surface area (Å²) in [6.07, 6.45) is 1.02. The highest BCUT2D eigenvalue weighted by Crippen LogP contribution is 2.19. The summed E-state index contributed by atoms with van der Waals surface area (Å²) in [4.78, 5) is 12.5. The Morgan fingerprint density at radius 1 is 1.54 bits per heavy atom. The zero-order valence-electron chi connectivity index (χ0n) is 7.65. The molecule has 0 spiro atoms. The number of nitrogens with zero attached hydrogens (tertiary/aromatic N) is 1. The molecule has 1 rings (SSSR count). The van der Waals surface area contributed by atoms with E-state index in [9.17, 15) is 18.3 Å². The number of likely N-dealkylation sites (tertiary alicyclic amines) is 1. The molecule has 1 fully saturated rings. The lowest BCUT2D eigenvalue weighted by molar-refractivity contribution is -0.149. The molecule has 13 heavy (non-hydrogen) atoms. The number of aliphatic hydroxyl groups is 1. The van der Waals surface area contributed by atoms with Crippen molar-refractivity contribution < 1.29 is 18.3 Å². The van der Waals surface area contributed by atoms with E-state index in [1.54, 1.807) is 6.92 Å². The van der Waals surface area contributed by atoms with Gasteiger partial charge in [0, 0.05) is 6.26 Å². The second-order valence-electron chi connectivity index (χ2n) is 3.82. The van der Waals surface area contributed by atoms with E-state index < -0.39 is 27.1 Å². The molecule has 1 N–H and O–H groups in total. The molecule has 0 radical (unpaired) electrons. The minimum absolute atomic E-state index is 0.224. The molecule has 1 saturated heterocycles. The molecule has 0 aromatic carbocycles.